The number of piperazine rings is 1. The molecule has 2 aliphatic rings. The van der Waals surface area contributed by atoms with Crippen molar-refractivity contribution in [2.45, 2.75) is 38.4 Å². The standard InChI is InChI=1S/C24H28N6O2S/c1-14-21(9-8-19(26-14)22(31)25-2)29-12-16-5-6-17(13-29)30(16)11-15-4-7-18-20(10-15)27-24(32)28(3)23(18)33/h4,7-10,16-17H,5-6,11-13H2,1-3H3,(H,25,31)(H,27,32). The largest absolute Gasteiger partial charge is 0.367 e. The zero-order valence-electron chi connectivity index (χ0n) is 19.1. The lowest BCUT2D eigenvalue weighted by molar-refractivity contribution is 0.0958. The van der Waals surface area contributed by atoms with Crippen LogP contribution in [0.5, 0.6) is 0 Å². The zero-order chi connectivity index (χ0) is 23.3. The Balaban J connectivity index is 1.35. The number of H-pyrrole nitrogens is 1. The Bertz CT molecular complexity index is 1350. The summed E-state index contributed by atoms with van der Waals surface area (Å²) in [5, 5.41) is 3.53. The zero-order valence-corrected chi connectivity index (χ0v) is 19.9. The molecule has 2 atom stereocenters. The Morgan fingerprint density at radius 1 is 1.21 bits per heavy atom. The third-order valence-corrected chi connectivity index (χ3v) is 7.52. The summed E-state index contributed by atoms with van der Waals surface area (Å²) in [5.41, 5.74) is 4.22. The van der Waals surface area contributed by atoms with Gasteiger partial charge in [-0.3, -0.25) is 14.3 Å². The second-order valence-corrected chi connectivity index (χ2v) is 9.40. The molecule has 2 aromatic heterocycles. The van der Waals surface area contributed by atoms with Gasteiger partial charge in [0.05, 0.1) is 16.9 Å². The molecule has 33 heavy (non-hydrogen) atoms. The number of carbonyl (C=O) groups excluding carboxylic acids is 1. The number of pyridine rings is 1. The number of benzene rings is 1. The van der Waals surface area contributed by atoms with Gasteiger partial charge in [-0.05, 0) is 49.6 Å². The second-order valence-electron chi connectivity index (χ2n) is 9.02. The normalized spacial score (nSPS) is 20.4. The first-order valence-corrected chi connectivity index (χ1v) is 11.7. The number of carbonyl (C=O) groups is 1. The van der Waals surface area contributed by atoms with Crippen LogP contribution in [0.1, 0.15) is 34.6 Å². The number of hydrogen-bond acceptors (Lipinski definition) is 6. The number of anilines is 1. The fourth-order valence-electron chi connectivity index (χ4n) is 5.25. The van der Waals surface area contributed by atoms with Gasteiger partial charge in [0.15, 0.2) is 0 Å². The van der Waals surface area contributed by atoms with Crippen LogP contribution in [0.15, 0.2) is 35.1 Å². The van der Waals surface area contributed by atoms with Crippen molar-refractivity contribution in [3.05, 3.63) is 62.4 Å². The van der Waals surface area contributed by atoms with E-state index < -0.39 is 0 Å². The van der Waals surface area contributed by atoms with Crippen LogP contribution in [0.2, 0.25) is 0 Å². The summed E-state index contributed by atoms with van der Waals surface area (Å²) in [7, 11) is 3.31. The van der Waals surface area contributed by atoms with E-state index in [1.165, 1.54) is 23.0 Å². The maximum Gasteiger partial charge on any atom is 0.326 e. The minimum absolute atomic E-state index is 0.164. The molecule has 0 aliphatic carbocycles. The molecule has 2 aliphatic heterocycles. The molecular weight excluding hydrogens is 436 g/mol. The Morgan fingerprint density at radius 2 is 1.94 bits per heavy atom. The summed E-state index contributed by atoms with van der Waals surface area (Å²) in [6.07, 6.45) is 2.33. The molecule has 2 saturated heterocycles. The Kier molecular flexibility index (Phi) is 5.54. The highest BCUT2D eigenvalue weighted by molar-refractivity contribution is 7.71. The van der Waals surface area contributed by atoms with Gasteiger partial charge < -0.3 is 15.2 Å². The monoisotopic (exact) mass is 464 g/mol. The first-order valence-electron chi connectivity index (χ1n) is 11.3. The van der Waals surface area contributed by atoms with Crippen molar-refractivity contribution in [1.29, 1.82) is 0 Å². The number of aryl methyl sites for hydroxylation is 1. The van der Waals surface area contributed by atoms with Crippen molar-refractivity contribution in [3.63, 3.8) is 0 Å². The van der Waals surface area contributed by atoms with Gasteiger partial charge in [-0.15, -0.1) is 0 Å². The lowest BCUT2D eigenvalue weighted by atomic mass is 10.1. The highest BCUT2D eigenvalue weighted by atomic mass is 32.1. The van der Waals surface area contributed by atoms with E-state index >= 15 is 0 Å². The van der Waals surface area contributed by atoms with E-state index in [1.54, 1.807) is 20.2 Å². The van der Waals surface area contributed by atoms with Crippen molar-refractivity contribution in [2.24, 2.45) is 7.05 Å². The van der Waals surface area contributed by atoms with Crippen molar-refractivity contribution in [1.82, 2.24) is 24.8 Å². The van der Waals surface area contributed by atoms with Crippen molar-refractivity contribution >= 4 is 34.7 Å². The van der Waals surface area contributed by atoms with Crippen LogP contribution in [0.25, 0.3) is 10.9 Å². The molecule has 2 unspecified atom stereocenters. The summed E-state index contributed by atoms with van der Waals surface area (Å²) in [4.78, 5) is 36.5. The molecule has 4 heterocycles. The predicted octanol–water partition coefficient (Wildman–Crippen LogP) is 2.51. The highest BCUT2D eigenvalue weighted by Gasteiger charge is 2.40. The topological polar surface area (TPSA) is 86.3 Å². The van der Waals surface area contributed by atoms with E-state index in [1.807, 2.05) is 19.1 Å². The molecule has 5 rings (SSSR count). The van der Waals surface area contributed by atoms with Crippen molar-refractivity contribution in [3.8, 4) is 0 Å². The smallest absolute Gasteiger partial charge is 0.326 e. The van der Waals surface area contributed by atoms with E-state index in [4.69, 9.17) is 12.2 Å². The molecule has 1 aromatic carbocycles. The SMILES string of the molecule is CNC(=O)c1ccc(N2CC3CCC(C2)N3Cc2ccc3c(=S)n(C)c(=O)[nH]c3c2)c(C)n1. The van der Waals surface area contributed by atoms with Gasteiger partial charge in [0, 0.05) is 51.2 Å². The highest BCUT2D eigenvalue weighted by Crippen LogP contribution is 2.35. The Labute approximate surface area is 197 Å². The van der Waals surface area contributed by atoms with Crippen molar-refractivity contribution in [2.75, 3.05) is 25.0 Å². The molecule has 172 valence electrons. The van der Waals surface area contributed by atoms with E-state index in [0.29, 0.717) is 22.4 Å². The van der Waals surface area contributed by atoms with Gasteiger partial charge >= 0.3 is 5.69 Å². The molecule has 2 fully saturated rings. The van der Waals surface area contributed by atoms with Crippen LogP contribution in [-0.4, -0.2) is 57.6 Å². The number of nitrogens with one attached hydrogen (secondary N) is 2. The number of fused-ring (bicyclic) bond motifs is 3. The van der Waals surface area contributed by atoms with Crippen LogP contribution < -0.4 is 15.9 Å². The summed E-state index contributed by atoms with van der Waals surface area (Å²) in [6.45, 7) is 4.70. The molecule has 2 N–H and O–H groups in total. The average molecular weight is 465 g/mol. The van der Waals surface area contributed by atoms with Gasteiger partial charge in [-0.1, -0.05) is 18.3 Å². The maximum absolute atomic E-state index is 12.1. The second kappa shape index (κ2) is 8.39. The molecule has 3 aromatic rings. The first-order chi connectivity index (χ1) is 15.9. The van der Waals surface area contributed by atoms with Crippen LogP contribution in [0.3, 0.4) is 0 Å². The fraction of sp³-hybridized carbons (Fsp3) is 0.417. The van der Waals surface area contributed by atoms with Crippen molar-refractivity contribution < 1.29 is 4.79 Å². The number of aromatic amines is 1. The number of hydrogen-bond donors (Lipinski definition) is 2. The van der Waals surface area contributed by atoms with Gasteiger partial charge in [0.2, 0.25) is 0 Å². The Hall–Kier alpha value is -3.04. The Morgan fingerprint density at radius 3 is 2.61 bits per heavy atom. The number of amides is 1. The van der Waals surface area contributed by atoms with Crippen LogP contribution >= 0.6 is 12.2 Å². The summed E-state index contributed by atoms with van der Waals surface area (Å²) in [6, 6.07) is 10.9. The predicted molar refractivity (Wildman–Crippen MR) is 131 cm³/mol. The van der Waals surface area contributed by atoms with Gasteiger partial charge in [-0.25, -0.2) is 9.78 Å². The summed E-state index contributed by atoms with van der Waals surface area (Å²) in [5.74, 6) is -0.164. The van der Waals surface area contributed by atoms with Gasteiger partial charge in [0.1, 0.15) is 10.3 Å². The van der Waals surface area contributed by atoms with E-state index in [0.717, 1.165) is 41.9 Å². The van der Waals surface area contributed by atoms with Crippen LogP contribution in [0.4, 0.5) is 5.69 Å². The fourth-order valence-corrected chi connectivity index (χ4v) is 5.51. The van der Waals surface area contributed by atoms with Crippen LogP contribution in [0, 0.1) is 11.6 Å². The minimum Gasteiger partial charge on any atom is -0.367 e. The molecule has 0 saturated carbocycles. The first kappa shape index (κ1) is 21.8. The lowest BCUT2D eigenvalue weighted by Crippen LogP contribution is -2.53. The van der Waals surface area contributed by atoms with E-state index in [-0.39, 0.29) is 11.6 Å². The quantitative estimate of drug-likeness (QED) is 0.577. The van der Waals surface area contributed by atoms with E-state index in [9.17, 15) is 9.59 Å². The molecule has 1 amide bonds. The molecule has 2 bridgehead atoms. The minimum atomic E-state index is -0.190. The summed E-state index contributed by atoms with van der Waals surface area (Å²) >= 11 is 5.43. The third kappa shape index (κ3) is 3.85. The van der Waals surface area contributed by atoms with Gasteiger partial charge in [-0.2, -0.15) is 0 Å². The number of aromatic nitrogens is 3. The number of rotatable bonds is 4. The van der Waals surface area contributed by atoms with Crippen LogP contribution in [-0.2, 0) is 13.6 Å². The van der Waals surface area contributed by atoms with E-state index in [2.05, 4.69) is 37.2 Å². The molecular formula is C24H28N6O2S. The van der Waals surface area contributed by atoms with Gasteiger partial charge in [0.25, 0.3) is 5.91 Å². The average Bonchev–Trinajstić information content (AvgIpc) is 3.03. The molecule has 0 spiro atoms. The molecule has 8 nitrogen and oxygen atoms in total. The molecule has 0 radical (unpaired) electrons. The lowest BCUT2D eigenvalue weighted by Gasteiger charge is -2.42. The number of nitrogens with zero attached hydrogens (tertiary/aromatic N) is 4. The maximum atomic E-state index is 12.1. The molecule has 9 heteroatoms. The third-order valence-electron chi connectivity index (χ3n) is 7.02. The summed E-state index contributed by atoms with van der Waals surface area (Å²) < 4.78 is 2.02.